The maximum atomic E-state index is 13.4. The van der Waals surface area contributed by atoms with Gasteiger partial charge in [-0.15, -0.1) is 0 Å². The van der Waals surface area contributed by atoms with E-state index < -0.39 is 0 Å². The lowest BCUT2D eigenvalue weighted by Crippen LogP contribution is -2.23. The molecule has 0 atom stereocenters. The first kappa shape index (κ1) is 14.0. The number of rotatable bonds is 5. The van der Waals surface area contributed by atoms with Gasteiger partial charge in [-0.3, -0.25) is 4.79 Å². The van der Waals surface area contributed by atoms with Crippen molar-refractivity contribution in [3.63, 3.8) is 0 Å². The van der Waals surface area contributed by atoms with Gasteiger partial charge in [0, 0.05) is 30.4 Å². The summed E-state index contributed by atoms with van der Waals surface area (Å²) in [6, 6.07) is 9.66. The fourth-order valence-electron chi connectivity index (χ4n) is 1.77. The number of hydrogen-bond acceptors (Lipinski definition) is 3. The minimum atomic E-state index is -0.323. The number of nitrogens with zero attached hydrogens (tertiary/aromatic N) is 1. The number of carbonyl (C=O) groups is 1. The first-order valence-electron chi connectivity index (χ1n) is 6.42. The molecule has 104 valence electrons. The Morgan fingerprint density at radius 3 is 2.85 bits per heavy atom. The van der Waals surface area contributed by atoms with E-state index >= 15 is 0 Å². The topological polar surface area (TPSA) is 54.0 Å². The summed E-state index contributed by atoms with van der Waals surface area (Å²) in [4.78, 5) is 16.1. The molecule has 0 radical (unpaired) electrons. The largest absolute Gasteiger partial charge is 0.370 e. The van der Waals surface area contributed by atoms with Gasteiger partial charge in [0.05, 0.1) is 0 Å². The van der Waals surface area contributed by atoms with Gasteiger partial charge in [-0.05, 0) is 25.1 Å². The van der Waals surface area contributed by atoms with E-state index in [9.17, 15) is 9.18 Å². The Bertz CT molecular complexity index is 601. The Labute approximate surface area is 117 Å². The van der Waals surface area contributed by atoms with Crippen molar-refractivity contribution < 1.29 is 9.18 Å². The monoisotopic (exact) mass is 273 g/mol. The predicted molar refractivity (Wildman–Crippen MR) is 76.0 cm³/mol. The number of pyridine rings is 1. The Morgan fingerprint density at radius 1 is 1.30 bits per heavy atom. The van der Waals surface area contributed by atoms with E-state index in [2.05, 4.69) is 15.6 Å². The average Bonchev–Trinajstić information content (AvgIpc) is 2.47. The molecule has 0 spiro atoms. The van der Waals surface area contributed by atoms with Gasteiger partial charge < -0.3 is 10.6 Å². The molecule has 2 rings (SSSR count). The predicted octanol–water partition coefficient (Wildman–Crippen LogP) is 2.58. The van der Waals surface area contributed by atoms with Crippen molar-refractivity contribution in [1.29, 1.82) is 0 Å². The second-order valence-electron chi connectivity index (χ2n) is 4.23. The first-order chi connectivity index (χ1) is 9.70. The van der Waals surface area contributed by atoms with Crippen molar-refractivity contribution in [2.24, 2.45) is 0 Å². The maximum Gasteiger partial charge on any atom is 0.251 e. The van der Waals surface area contributed by atoms with Gasteiger partial charge in [0.2, 0.25) is 0 Å². The Kier molecular flexibility index (Phi) is 4.65. The summed E-state index contributed by atoms with van der Waals surface area (Å²) in [5.41, 5.74) is 0.953. The SMILES string of the molecule is CCNc1cc(C(=O)NCc2ccccc2F)ccn1. The molecular weight excluding hydrogens is 257 g/mol. The molecular formula is C15H16FN3O. The van der Waals surface area contributed by atoms with E-state index in [4.69, 9.17) is 0 Å². The third kappa shape index (κ3) is 3.54. The van der Waals surface area contributed by atoms with Crippen molar-refractivity contribution in [2.75, 3.05) is 11.9 Å². The van der Waals surface area contributed by atoms with Crippen LogP contribution >= 0.6 is 0 Å². The lowest BCUT2D eigenvalue weighted by molar-refractivity contribution is 0.0950. The summed E-state index contributed by atoms with van der Waals surface area (Å²) >= 11 is 0. The van der Waals surface area contributed by atoms with Gasteiger partial charge in [-0.1, -0.05) is 18.2 Å². The van der Waals surface area contributed by atoms with Crippen LogP contribution in [0.15, 0.2) is 42.6 Å². The van der Waals surface area contributed by atoms with Crippen LogP contribution in [-0.2, 0) is 6.54 Å². The molecule has 0 aliphatic heterocycles. The van der Waals surface area contributed by atoms with Gasteiger partial charge in [0.15, 0.2) is 0 Å². The highest BCUT2D eigenvalue weighted by Crippen LogP contribution is 2.08. The molecule has 2 aromatic rings. The van der Waals surface area contributed by atoms with E-state index in [1.807, 2.05) is 6.92 Å². The Balaban J connectivity index is 2.01. The fourth-order valence-corrected chi connectivity index (χ4v) is 1.77. The third-order valence-electron chi connectivity index (χ3n) is 2.78. The van der Waals surface area contributed by atoms with Crippen LogP contribution in [-0.4, -0.2) is 17.4 Å². The van der Waals surface area contributed by atoms with E-state index in [0.717, 1.165) is 6.54 Å². The molecule has 20 heavy (non-hydrogen) atoms. The Morgan fingerprint density at radius 2 is 2.10 bits per heavy atom. The van der Waals surface area contributed by atoms with Gasteiger partial charge in [-0.2, -0.15) is 0 Å². The first-order valence-corrected chi connectivity index (χ1v) is 6.42. The zero-order chi connectivity index (χ0) is 14.4. The minimum absolute atomic E-state index is 0.157. The zero-order valence-electron chi connectivity index (χ0n) is 11.2. The summed E-state index contributed by atoms with van der Waals surface area (Å²) in [6.07, 6.45) is 1.57. The number of benzene rings is 1. The molecule has 1 aromatic heterocycles. The van der Waals surface area contributed by atoms with Crippen LogP contribution in [0, 0.1) is 5.82 Å². The zero-order valence-corrected chi connectivity index (χ0v) is 11.2. The number of anilines is 1. The van der Waals surface area contributed by atoms with Crippen molar-refractivity contribution in [3.8, 4) is 0 Å². The average molecular weight is 273 g/mol. The normalized spacial score (nSPS) is 10.1. The van der Waals surface area contributed by atoms with Crippen molar-refractivity contribution in [2.45, 2.75) is 13.5 Å². The third-order valence-corrected chi connectivity index (χ3v) is 2.78. The molecule has 0 saturated heterocycles. The quantitative estimate of drug-likeness (QED) is 0.880. The van der Waals surface area contributed by atoms with Gasteiger partial charge in [-0.25, -0.2) is 9.37 Å². The lowest BCUT2D eigenvalue weighted by atomic mass is 10.2. The van der Waals surface area contributed by atoms with Gasteiger partial charge >= 0.3 is 0 Å². The van der Waals surface area contributed by atoms with E-state index in [0.29, 0.717) is 16.9 Å². The minimum Gasteiger partial charge on any atom is -0.370 e. The van der Waals surface area contributed by atoms with Crippen LogP contribution in [0.3, 0.4) is 0 Å². The molecule has 0 unspecified atom stereocenters. The van der Waals surface area contributed by atoms with Crippen molar-refractivity contribution >= 4 is 11.7 Å². The molecule has 0 fully saturated rings. The number of amides is 1. The standard InChI is InChI=1S/C15H16FN3O/c1-2-17-14-9-11(7-8-18-14)15(20)19-10-12-5-3-4-6-13(12)16/h3-9H,2,10H2,1H3,(H,17,18)(H,19,20). The summed E-state index contributed by atoms with van der Waals surface area (Å²) in [7, 11) is 0. The second-order valence-corrected chi connectivity index (χ2v) is 4.23. The molecule has 0 aliphatic rings. The highest BCUT2D eigenvalue weighted by molar-refractivity contribution is 5.94. The van der Waals surface area contributed by atoms with Crippen LogP contribution in [0.5, 0.6) is 0 Å². The summed E-state index contributed by atoms with van der Waals surface area (Å²) < 4.78 is 13.4. The van der Waals surface area contributed by atoms with Crippen molar-refractivity contribution in [3.05, 3.63) is 59.5 Å². The Hall–Kier alpha value is -2.43. The van der Waals surface area contributed by atoms with Gasteiger partial charge in [0.25, 0.3) is 5.91 Å². The molecule has 1 heterocycles. The molecule has 0 bridgehead atoms. The maximum absolute atomic E-state index is 13.4. The van der Waals surface area contributed by atoms with Crippen molar-refractivity contribution in [1.82, 2.24) is 10.3 Å². The van der Waals surface area contributed by atoms with Crippen LogP contribution in [0.2, 0.25) is 0 Å². The number of aromatic nitrogens is 1. The molecule has 0 aliphatic carbocycles. The molecule has 2 N–H and O–H groups in total. The fraction of sp³-hybridized carbons (Fsp3) is 0.200. The van der Waals surface area contributed by atoms with Crippen LogP contribution in [0.4, 0.5) is 10.2 Å². The number of nitrogens with one attached hydrogen (secondary N) is 2. The molecule has 4 nitrogen and oxygen atoms in total. The summed E-state index contributed by atoms with van der Waals surface area (Å²) in [5.74, 6) is 0.0664. The van der Waals surface area contributed by atoms with Crippen LogP contribution in [0.1, 0.15) is 22.8 Å². The molecule has 1 aromatic carbocycles. The van der Waals surface area contributed by atoms with Crippen LogP contribution in [0.25, 0.3) is 0 Å². The lowest BCUT2D eigenvalue weighted by Gasteiger charge is -2.08. The number of carbonyl (C=O) groups excluding carboxylic acids is 1. The molecule has 0 saturated carbocycles. The van der Waals surface area contributed by atoms with E-state index in [1.165, 1.54) is 6.07 Å². The summed E-state index contributed by atoms with van der Waals surface area (Å²) in [5, 5.41) is 5.73. The highest BCUT2D eigenvalue weighted by Gasteiger charge is 2.08. The van der Waals surface area contributed by atoms with E-state index in [1.54, 1.807) is 36.5 Å². The van der Waals surface area contributed by atoms with E-state index in [-0.39, 0.29) is 18.3 Å². The number of hydrogen-bond donors (Lipinski definition) is 2. The summed E-state index contributed by atoms with van der Waals surface area (Å²) in [6.45, 7) is 2.84. The van der Waals surface area contributed by atoms with Gasteiger partial charge in [0.1, 0.15) is 11.6 Å². The number of halogens is 1. The highest BCUT2D eigenvalue weighted by atomic mass is 19.1. The molecule has 1 amide bonds. The smallest absolute Gasteiger partial charge is 0.251 e. The molecule has 5 heteroatoms. The van der Waals surface area contributed by atoms with Crippen LogP contribution < -0.4 is 10.6 Å². The second kappa shape index (κ2) is 6.65.